The van der Waals surface area contributed by atoms with Gasteiger partial charge in [-0.1, -0.05) is 200 Å². The van der Waals surface area contributed by atoms with Gasteiger partial charge in [0.05, 0.1) is 22.6 Å². The van der Waals surface area contributed by atoms with Crippen molar-refractivity contribution in [1.29, 1.82) is 0 Å². The normalized spacial score (nSPS) is 13.1. The molecule has 0 fully saturated rings. The van der Waals surface area contributed by atoms with E-state index in [0.29, 0.717) is 101 Å². The van der Waals surface area contributed by atoms with Crippen LogP contribution >= 0.6 is 0 Å². The second-order valence-electron chi connectivity index (χ2n) is 32.8. The van der Waals surface area contributed by atoms with Crippen molar-refractivity contribution < 1.29 is 39.9 Å². The van der Waals surface area contributed by atoms with Crippen molar-refractivity contribution in [3.8, 4) is 17.2 Å². The van der Waals surface area contributed by atoms with Crippen LogP contribution in [-0.4, -0.2) is 24.7 Å². The van der Waals surface area contributed by atoms with Gasteiger partial charge in [-0.15, -0.1) is 0 Å². The lowest BCUT2D eigenvalue weighted by molar-refractivity contribution is 0.487. The van der Waals surface area contributed by atoms with E-state index >= 15 is 35.1 Å². The predicted molar refractivity (Wildman–Crippen MR) is 504 cm³/mol. The summed E-state index contributed by atoms with van der Waals surface area (Å²) < 4.78 is 158. The van der Waals surface area contributed by atoms with E-state index in [1.54, 1.807) is 21.9 Å². The molecule has 0 atom stereocenters. The standard InChI is InChI=1S/C108H63B3F8N8O/c112-81-44-24-45-82(113)105(81)124-91-63-93-80(61-78(91)110-76-43-23-41-74-73-40-19-21-52-89(73)123(104(74)76)94-54-70(55-95(124)101(94)110)120(64-28-7-1-8-29-64)65-30-9-2-10-31-65)111-79-60-77-90(127(108-87(118)50-27-51-88(108)119)98-58-72(59-100-103(98)109(77)75-42-20-22-53-99(75)128-100)122(68-36-15-5-16-37-68)69-38-17-6-18-39-69)62-92(79)125(106-83(114)46-25-47-84(106)115)96-56-71(121(66-32-11-3-12-33-66)67-34-13-4-14-35-67)57-97(102(96)111)126(93)107-85(116)48-26-49-86(107)117/h1-63H. The van der Waals surface area contributed by atoms with Crippen LogP contribution in [0.1, 0.15) is 0 Å². The fourth-order valence-corrected chi connectivity index (χ4v) is 21.0. The van der Waals surface area contributed by atoms with E-state index in [9.17, 15) is 0 Å². The van der Waals surface area contributed by atoms with Gasteiger partial charge in [-0.2, -0.15) is 0 Å². The summed E-state index contributed by atoms with van der Waals surface area (Å²) >= 11 is 0. The van der Waals surface area contributed by atoms with Crippen LogP contribution in [0.5, 0.6) is 11.5 Å². The molecule has 0 radical (unpaired) electrons. The zero-order valence-electron chi connectivity index (χ0n) is 67.6. The second-order valence-corrected chi connectivity index (χ2v) is 32.8. The molecule has 25 rings (SSSR count). The molecule has 6 aliphatic rings. The smallest absolute Gasteiger partial charge is 0.256 e. The number of nitrogens with zero attached hydrogens (tertiary/aromatic N) is 8. The van der Waals surface area contributed by atoms with Crippen LogP contribution in [0, 0.1) is 46.5 Å². The number of halogens is 8. The molecule has 0 N–H and O–H groups in total. The SMILES string of the molecule is Fc1cccc(F)c1N1c2cc3c(cc2B2c4ccccc4Oc4cc(N(c5ccccc5)c5ccccc5)cc1c42)B1c2cc4c(cc2N(c2c(F)cccc2F)c2cc(N(c5ccccc5)c5ccccc5)cc(c21)N3c1c(F)cccc1F)N(c1c(F)cccc1F)c1cc(N(c2ccccc2)c2ccccc2)cc2c1B4c1cccc3c4ccccc4n-2c13. The third-order valence-corrected chi connectivity index (χ3v) is 26.0. The van der Waals surface area contributed by atoms with E-state index in [0.717, 1.165) is 62.2 Å². The van der Waals surface area contributed by atoms with Crippen LogP contribution in [0.15, 0.2) is 382 Å². The third kappa shape index (κ3) is 11.0. The summed E-state index contributed by atoms with van der Waals surface area (Å²) in [6.07, 6.45) is 0. The van der Waals surface area contributed by atoms with Crippen molar-refractivity contribution in [1.82, 2.24) is 4.57 Å². The van der Waals surface area contributed by atoms with Gasteiger partial charge in [-0.05, 0) is 225 Å². The molecule has 606 valence electrons. The molecule has 0 bridgehead atoms. The average molecular weight is 1670 g/mol. The number of fused-ring (bicyclic) bond motifs is 15. The molecule has 128 heavy (non-hydrogen) atoms. The molecule has 20 heteroatoms. The Balaban J connectivity index is 0.850. The summed E-state index contributed by atoms with van der Waals surface area (Å²) in [5.41, 5.74) is 12.6. The molecule has 0 unspecified atom stereocenters. The highest BCUT2D eigenvalue weighted by Crippen LogP contribution is 2.56. The topological polar surface area (TPSA) is 36.8 Å². The molecular weight excluding hydrogens is 1610 g/mol. The third-order valence-electron chi connectivity index (χ3n) is 26.0. The van der Waals surface area contributed by atoms with Gasteiger partial charge >= 0.3 is 0 Å². The van der Waals surface area contributed by atoms with Crippen molar-refractivity contribution in [3.63, 3.8) is 0 Å². The number of para-hydroxylation sites is 13. The molecule has 19 aromatic rings. The van der Waals surface area contributed by atoms with E-state index in [2.05, 4.69) is 39.8 Å². The van der Waals surface area contributed by atoms with Crippen LogP contribution in [0.4, 0.5) is 155 Å². The zero-order valence-corrected chi connectivity index (χ0v) is 67.6. The van der Waals surface area contributed by atoms with Gasteiger partial charge in [0.2, 0.25) is 0 Å². The molecule has 0 aliphatic carbocycles. The number of aromatic nitrogens is 1. The summed E-state index contributed by atoms with van der Waals surface area (Å²) in [6.45, 7) is -2.87. The minimum atomic E-state index is -1.19. The molecule has 0 saturated heterocycles. The van der Waals surface area contributed by atoms with Gasteiger partial charge in [0.25, 0.3) is 20.1 Å². The summed E-state index contributed by atoms with van der Waals surface area (Å²) in [4.78, 5) is 12.3. The lowest BCUT2D eigenvalue weighted by Crippen LogP contribution is -2.66. The Hall–Kier alpha value is -16.2. The Morgan fingerprint density at radius 1 is 0.203 bits per heavy atom. The molecule has 1 aromatic heterocycles. The van der Waals surface area contributed by atoms with E-state index in [1.165, 1.54) is 70.5 Å². The minimum absolute atomic E-state index is 0.131. The van der Waals surface area contributed by atoms with Gasteiger partial charge in [0.1, 0.15) is 80.8 Å². The summed E-state index contributed by atoms with van der Waals surface area (Å²) in [7, 11) is 0. The lowest BCUT2D eigenvalue weighted by Gasteiger charge is -2.48. The zero-order chi connectivity index (χ0) is 85.6. The van der Waals surface area contributed by atoms with E-state index in [4.69, 9.17) is 4.74 Å². The van der Waals surface area contributed by atoms with E-state index in [1.807, 2.05) is 277 Å². The minimum Gasteiger partial charge on any atom is -0.458 e. The molecule has 7 heterocycles. The van der Waals surface area contributed by atoms with Crippen molar-refractivity contribution in [2.24, 2.45) is 0 Å². The first-order valence-electron chi connectivity index (χ1n) is 42.2. The molecule has 6 aliphatic heterocycles. The van der Waals surface area contributed by atoms with Crippen molar-refractivity contribution in [2.75, 3.05) is 34.3 Å². The van der Waals surface area contributed by atoms with Gasteiger partial charge in [0.15, 0.2) is 0 Å². The number of anilines is 21. The maximum atomic E-state index is 18.7. The average Bonchev–Trinajstić information content (AvgIpc) is 0.957. The highest BCUT2D eigenvalue weighted by molar-refractivity contribution is 7.04. The quantitative estimate of drug-likeness (QED) is 0.0835. The van der Waals surface area contributed by atoms with Crippen LogP contribution < -0.4 is 88.2 Å². The highest BCUT2D eigenvalue weighted by atomic mass is 19.2. The Morgan fingerprint density at radius 3 is 0.867 bits per heavy atom. The first-order chi connectivity index (χ1) is 62.9. The highest BCUT2D eigenvalue weighted by Gasteiger charge is 2.53. The first kappa shape index (κ1) is 74.4. The van der Waals surface area contributed by atoms with Crippen LogP contribution in [0.25, 0.3) is 27.5 Å². The van der Waals surface area contributed by atoms with Gasteiger partial charge in [-0.3, -0.25) is 0 Å². The molecule has 0 saturated carbocycles. The Bertz CT molecular complexity index is 7670. The molecular formula is C108H63B3F8N8O. The fourth-order valence-electron chi connectivity index (χ4n) is 21.0. The number of benzene rings is 18. The number of rotatable bonds is 13. The Labute approximate surface area is 730 Å². The van der Waals surface area contributed by atoms with Gasteiger partial charge in [0, 0.05) is 108 Å². The molecule has 0 spiro atoms. The summed E-state index contributed by atoms with van der Waals surface area (Å²) in [5, 5.41) is 1.86. The number of hydrogen-bond donors (Lipinski definition) is 0. The Morgan fingerprint density at radius 2 is 0.484 bits per heavy atom. The second kappa shape index (κ2) is 28.7. The van der Waals surface area contributed by atoms with Crippen molar-refractivity contribution in [3.05, 3.63) is 429 Å². The summed E-state index contributed by atoms with van der Waals surface area (Å²) in [5.74, 6) is -6.93. The van der Waals surface area contributed by atoms with Gasteiger partial charge in [-0.25, -0.2) is 35.1 Å². The number of ether oxygens (including phenoxy) is 1. The van der Waals surface area contributed by atoms with Crippen LogP contribution in [-0.2, 0) is 0 Å². The summed E-state index contributed by atoms with van der Waals surface area (Å²) in [6, 6.07) is 114. The molecule has 0 amide bonds. The van der Waals surface area contributed by atoms with E-state index < -0.39 is 89.4 Å². The van der Waals surface area contributed by atoms with E-state index in [-0.39, 0.29) is 34.1 Å². The largest absolute Gasteiger partial charge is 0.458 e. The lowest BCUT2D eigenvalue weighted by atomic mass is 9.29. The van der Waals surface area contributed by atoms with Crippen LogP contribution in [0.2, 0.25) is 0 Å². The Kier molecular flexibility index (Phi) is 16.7. The predicted octanol–water partition coefficient (Wildman–Crippen LogP) is 23.4. The van der Waals surface area contributed by atoms with Gasteiger partial charge < -0.3 is 43.6 Å². The monoisotopic (exact) mass is 1670 g/mol. The number of hydrogen-bond acceptors (Lipinski definition) is 8. The van der Waals surface area contributed by atoms with Crippen molar-refractivity contribution in [2.45, 2.75) is 0 Å². The first-order valence-corrected chi connectivity index (χ1v) is 42.2. The molecule has 18 aromatic carbocycles. The maximum Gasteiger partial charge on any atom is 0.256 e. The maximum absolute atomic E-state index is 18.7. The fraction of sp³-hybridized carbons (Fsp3) is 0. The molecule has 9 nitrogen and oxygen atoms in total. The van der Waals surface area contributed by atoms with Crippen molar-refractivity contribution >= 4 is 211 Å². The van der Waals surface area contributed by atoms with Crippen LogP contribution in [0.3, 0.4) is 0 Å².